The van der Waals surface area contributed by atoms with Crippen LogP contribution in [-0.4, -0.2) is 21.9 Å². The van der Waals surface area contributed by atoms with Gasteiger partial charge in [0.25, 0.3) is 0 Å². The number of aliphatic hydroxyl groups is 2. The quantitative estimate of drug-likeness (QED) is 0.512. The number of hydrogen-bond donors (Lipinski definition) is 2. The molecule has 0 unspecified atom stereocenters. The molecule has 29 heavy (non-hydrogen) atoms. The summed E-state index contributed by atoms with van der Waals surface area (Å²) in [5, 5.41) is 20.1. The van der Waals surface area contributed by atoms with Gasteiger partial charge in [0.2, 0.25) is 0 Å². The van der Waals surface area contributed by atoms with Crippen LogP contribution < -0.4 is 0 Å². The van der Waals surface area contributed by atoms with Crippen molar-refractivity contribution in [2.24, 2.45) is 29.1 Å². The Morgan fingerprint density at radius 1 is 1.14 bits per heavy atom. The zero-order chi connectivity index (χ0) is 21.2. The molecule has 0 bridgehead atoms. The number of allylic oxidation sites excluding steroid dienone is 3. The first-order valence-electron chi connectivity index (χ1n) is 12.4. The van der Waals surface area contributed by atoms with Crippen molar-refractivity contribution in [3.8, 4) is 0 Å². The predicted octanol–water partition coefficient (Wildman–Crippen LogP) is 6.81. The second-order valence-corrected chi connectivity index (χ2v) is 11.6. The SMILES string of the molecule is C[C@H](CCCC(C)(C)O)[C@H]1CC[C@H]2/C(=C/C=C3\C[C@@H](O)CC[C@@H]3C)CCC[C@]12C. The maximum absolute atomic E-state index is 10.1. The summed E-state index contributed by atoms with van der Waals surface area (Å²) in [6.07, 6.45) is 17.7. The molecule has 3 saturated carbocycles. The molecule has 2 heteroatoms. The first-order chi connectivity index (χ1) is 13.6. The van der Waals surface area contributed by atoms with Crippen LogP contribution in [0.15, 0.2) is 23.3 Å². The van der Waals surface area contributed by atoms with Crippen LogP contribution in [0.4, 0.5) is 0 Å². The maximum Gasteiger partial charge on any atom is 0.0591 e. The van der Waals surface area contributed by atoms with Gasteiger partial charge in [-0.25, -0.2) is 0 Å². The van der Waals surface area contributed by atoms with Crippen LogP contribution >= 0.6 is 0 Å². The molecule has 0 spiro atoms. The topological polar surface area (TPSA) is 40.5 Å². The molecule has 0 amide bonds. The number of fused-ring (bicyclic) bond motifs is 1. The van der Waals surface area contributed by atoms with Gasteiger partial charge in [0.05, 0.1) is 11.7 Å². The highest BCUT2D eigenvalue weighted by molar-refractivity contribution is 5.26. The van der Waals surface area contributed by atoms with Gasteiger partial charge >= 0.3 is 0 Å². The maximum atomic E-state index is 10.1. The van der Waals surface area contributed by atoms with E-state index in [4.69, 9.17) is 0 Å². The summed E-state index contributed by atoms with van der Waals surface area (Å²) in [6, 6.07) is 0. The van der Waals surface area contributed by atoms with Gasteiger partial charge in [-0.3, -0.25) is 0 Å². The molecule has 0 aromatic carbocycles. The van der Waals surface area contributed by atoms with E-state index < -0.39 is 5.60 Å². The lowest BCUT2D eigenvalue weighted by Gasteiger charge is -2.44. The average molecular weight is 403 g/mol. The Kier molecular flexibility index (Phi) is 7.37. The molecule has 3 rings (SSSR count). The molecule has 0 aliphatic heterocycles. The Morgan fingerprint density at radius 2 is 1.86 bits per heavy atom. The largest absolute Gasteiger partial charge is 0.393 e. The lowest BCUT2D eigenvalue weighted by molar-refractivity contribution is 0.0596. The average Bonchev–Trinajstić information content (AvgIpc) is 2.99. The van der Waals surface area contributed by atoms with Crippen molar-refractivity contribution < 1.29 is 10.2 Å². The van der Waals surface area contributed by atoms with Crippen LogP contribution in [0.1, 0.15) is 105 Å². The van der Waals surface area contributed by atoms with Crippen LogP contribution in [-0.2, 0) is 0 Å². The molecule has 2 nitrogen and oxygen atoms in total. The van der Waals surface area contributed by atoms with Gasteiger partial charge in [0, 0.05) is 0 Å². The third kappa shape index (κ3) is 5.56. The van der Waals surface area contributed by atoms with Gasteiger partial charge in [-0.2, -0.15) is 0 Å². The fourth-order valence-electron chi connectivity index (χ4n) is 6.92. The third-order valence-electron chi connectivity index (χ3n) is 8.72. The number of aliphatic hydroxyl groups excluding tert-OH is 1. The minimum Gasteiger partial charge on any atom is -0.393 e. The molecule has 0 heterocycles. The lowest BCUT2D eigenvalue weighted by atomic mass is 9.60. The summed E-state index contributed by atoms with van der Waals surface area (Å²) in [5.41, 5.74) is 3.07. The van der Waals surface area contributed by atoms with Gasteiger partial charge in [-0.1, -0.05) is 56.9 Å². The Labute approximate surface area is 179 Å². The van der Waals surface area contributed by atoms with E-state index in [-0.39, 0.29) is 6.10 Å². The van der Waals surface area contributed by atoms with Gasteiger partial charge in [0.15, 0.2) is 0 Å². The van der Waals surface area contributed by atoms with Crippen LogP contribution in [0.25, 0.3) is 0 Å². The zero-order valence-corrected chi connectivity index (χ0v) is 19.7. The van der Waals surface area contributed by atoms with E-state index in [0.717, 1.165) is 49.9 Å². The smallest absolute Gasteiger partial charge is 0.0591 e. The van der Waals surface area contributed by atoms with E-state index in [1.807, 2.05) is 13.8 Å². The molecule has 0 aromatic heterocycles. The summed E-state index contributed by atoms with van der Waals surface area (Å²) in [5.74, 6) is 2.94. The third-order valence-corrected chi connectivity index (χ3v) is 8.72. The molecule has 0 aromatic rings. The second-order valence-electron chi connectivity index (χ2n) is 11.6. The predicted molar refractivity (Wildman–Crippen MR) is 123 cm³/mol. The monoisotopic (exact) mass is 402 g/mol. The Balaban J connectivity index is 1.68. The fraction of sp³-hybridized carbons (Fsp3) is 0.852. The summed E-state index contributed by atoms with van der Waals surface area (Å²) in [7, 11) is 0. The van der Waals surface area contributed by atoms with E-state index in [0.29, 0.717) is 11.3 Å². The van der Waals surface area contributed by atoms with Gasteiger partial charge < -0.3 is 10.2 Å². The molecule has 2 N–H and O–H groups in total. The van der Waals surface area contributed by atoms with Crippen molar-refractivity contribution in [3.63, 3.8) is 0 Å². The fourth-order valence-corrected chi connectivity index (χ4v) is 6.92. The van der Waals surface area contributed by atoms with Crippen molar-refractivity contribution in [2.45, 2.75) is 117 Å². The first-order valence-corrected chi connectivity index (χ1v) is 12.4. The van der Waals surface area contributed by atoms with E-state index in [9.17, 15) is 10.2 Å². The molecule has 3 aliphatic carbocycles. The molecule has 3 aliphatic rings. The first kappa shape index (κ1) is 23.1. The number of rotatable bonds is 6. The highest BCUT2D eigenvalue weighted by Crippen LogP contribution is 2.60. The normalized spacial score (nSPS) is 39.7. The van der Waals surface area contributed by atoms with E-state index in [2.05, 4.69) is 32.9 Å². The van der Waals surface area contributed by atoms with Gasteiger partial charge in [-0.05, 0) is 101 Å². The highest BCUT2D eigenvalue weighted by atomic mass is 16.3. The Hall–Kier alpha value is -0.600. The van der Waals surface area contributed by atoms with Crippen LogP contribution in [0.5, 0.6) is 0 Å². The molecule has 0 saturated heterocycles. The van der Waals surface area contributed by atoms with E-state index in [1.54, 1.807) is 5.57 Å². The van der Waals surface area contributed by atoms with Crippen molar-refractivity contribution in [2.75, 3.05) is 0 Å². The minimum absolute atomic E-state index is 0.131. The van der Waals surface area contributed by atoms with Crippen molar-refractivity contribution in [1.29, 1.82) is 0 Å². The highest BCUT2D eigenvalue weighted by Gasteiger charge is 2.50. The van der Waals surface area contributed by atoms with E-state index >= 15 is 0 Å². The van der Waals surface area contributed by atoms with Crippen molar-refractivity contribution in [3.05, 3.63) is 23.3 Å². The second kappa shape index (κ2) is 9.27. The lowest BCUT2D eigenvalue weighted by Crippen LogP contribution is -2.36. The summed E-state index contributed by atoms with van der Waals surface area (Å²) in [6.45, 7) is 11.2. The van der Waals surface area contributed by atoms with Gasteiger partial charge in [0.1, 0.15) is 0 Å². The number of hydrogen-bond acceptors (Lipinski definition) is 2. The zero-order valence-electron chi connectivity index (χ0n) is 19.7. The molecule has 3 fully saturated rings. The Bertz CT molecular complexity index is 611. The molecular formula is C27H46O2. The molecule has 0 radical (unpaired) electrons. The van der Waals surface area contributed by atoms with Crippen LogP contribution in [0.3, 0.4) is 0 Å². The van der Waals surface area contributed by atoms with Crippen LogP contribution in [0, 0.1) is 29.1 Å². The summed E-state index contributed by atoms with van der Waals surface area (Å²) < 4.78 is 0. The van der Waals surface area contributed by atoms with Crippen molar-refractivity contribution in [1.82, 2.24) is 0 Å². The standard InChI is InChI=1S/C27H46O2/c1-19-10-13-23(28)18-22(19)12-11-21-9-7-17-27(5)24(14-15-25(21)27)20(2)8-6-16-26(3,4)29/h11-12,19-20,23-25,28-29H,6-10,13-18H2,1-5H3/b21-11+,22-12+/t19-,20+,23-,24+,25-,27+/m0/s1. The van der Waals surface area contributed by atoms with E-state index in [1.165, 1.54) is 44.1 Å². The van der Waals surface area contributed by atoms with Gasteiger partial charge in [-0.15, -0.1) is 0 Å². The Morgan fingerprint density at radius 3 is 2.59 bits per heavy atom. The molecular weight excluding hydrogens is 356 g/mol. The molecule has 166 valence electrons. The van der Waals surface area contributed by atoms with Crippen LogP contribution in [0.2, 0.25) is 0 Å². The molecule has 6 atom stereocenters. The van der Waals surface area contributed by atoms with Crippen molar-refractivity contribution >= 4 is 0 Å². The summed E-state index contributed by atoms with van der Waals surface area (Å²) in [4.78, 5) is 0. The summed E-state index contributed by atoms with van der Waals surface area (Å²) >= 11 is 0. The minimum atomic E-state index is -0.528.